The molecule has 2 heterocycles. The number of hydrogen-bond donors (Lipinski definition) is 1. The van der Waals surface area contributed by atoms with E-state index in [4.69, 9.17) is 6.42 Å². The standard InChI is InChI=1S/C18H26N2Si/c1-8-15-16-9-10-19-18(16)20-11-17(15)21(12(2)3,13(4)5)14(6)7/h1,9-14H,2-7H3,(H,19,20). The van der Waals surface area contributed by atoms with E-state index in [9.17, 15) is 0 Å². The molecule has 0 aliphatic carbocycles. The molecule has 2 nitrogen and oxygen atoms in total. The van der Waals surface area contributed by atoms with E-state index in [1.54, 1.807) is 0 Å². The fourth-order valence-corrected chi connectivity index (χ4v) is 11.2. The summed E-state index contributed by atoms with van der Waals surface area (Å²) in [6.07, 6.45) is 9.88. The molecule has 112 valence electrons. The van der Waals surface area contributed by atoms with Crippen LogP contribution in [0.4, 0.5) is 0 Å². The largest absolute Gasteiger partial charge is 0.346 e. The van der Waals surface area contributed by atoms with Crippen molar-refractivity contribution in [2.75, 3.05) is 0 Å². The summed E-state index contributed by atoms with van der Waals surface area (Å²) in [5.74, 6) is 2.97. The lowest BCUT2D eigenvalue weighted by molar-refractivity contribution is 0.834. The van der Waals surface area contributed by atoms with Gasteiger partial charge in [-0.15, -0.1) is 6.42 Å². The number of terminal acetylenes is 1. The predicted octanol–water partition coefficient (Wildman–Crippen LogP) is 4.43. The lowest BCUT2D eigenvalue weighted by Crippen LogP contribution is -2.56. The maximum Gasteiger partial charge on any atom is 0.138 e. The van der Waals surface area contributed by atoms with E-state index >= 15 is 0 Å². The van der Waals surface area contributed by atoms with Crippen molar-refractivity contribution in [3.8, 4) is 12.3 Å². The molecule has 0 saturated heterocycles. The number of aromatic amines is 1. The molecule has 0 radical (unpaired) electrons. The number of aromatic nitrogens is 2. The zero-order valence-corrected chi connectivity index (χ0v) is 15.0. The Bertz CT molecular complexity index is 652. The molecule has 0 bridgehead atoms. The average molecular weight is 299 g/mol. The van der Waals surface area contributed by atoms with Crippen LogP contribution in [0.1, 0.15) is 47.1 Å². The van der Waals surface area contributed by atoms with Crippen LogP contribution < -0.4 is 5.19 Å². The van der Waals surface area contributed by atoms with Crippen LogP contribution >= 0.6 is 0 Å². The van der Waals surface area contributed by atoms with Crippen molar-refractivity contribution in [3.63, 3.8) is 0 Å². The lowest BCUT2D eigenvalue weighted by atomic mass is 10.2. The summed E-state index contributed by atoms with van der Waals surface area (Å²) in [5.41, 5.74) is 3.84. The molecule has 0 atom stereocenters. The van der Waals surface area contributed by atoms with E-state index < -0.39 is 8.07 Å². The Balaban J connectivity index is 2.86. The Kier molecular flexibility index (Phi) is 4.29. The maximum absolute atomic E-state index is 5.90. The van der Waals surface area contributed by atoms with Crippen molar-refractivity contribution in [2.24, 2.45) is 0 Å². The van der Waals surface area contributed by atoms with Crippen LogP contribution in [-0.2, 0) is 0 Å². The zero-order valence-electron chi connectivity index (χ0n) is 14.0. The van der Waals surface area contributed by atoms with Gasteiger partial charge >= 0.3 is 0 Å². The molecule has 0 saturated carbocycles. The van der Waals surface area contributed by atoms with E-state index in [2.05, 4.69) is 69.7 Å². The molecule has 0 aromatic carbocycles. The highest BCUT2D eigenvalue weighted by molar-refractivity contribution is 6.95. The van der Waals surface area contributed by atoms with Gasteiger partial charge in [0.1, 0.15) is 5.65 Å². The van der Waals surface area contributed by atoms with Crippen LogP contribution in [0.5, 0.6) is 0 Å². The fraction of sp³-hybridized carbons (Fsp3) is 0.500. The molecule has 0 spiro atoms. The van der Waals surface area contributed by atoms with Gasteiger partial charge in [-0.3, -0.25) is 0 Å². The van der Waals surface area contributed by atoms with Crippen LogP contribution in [0.15, 0.2) is 18.5 Å². The molecule has 2 aromatic heterocycles. The third-order valence-corrected chi connectivity index (χ3v) is 12.1. The van der Waals surface area contributed by atoms with Gasteiger partial charge in [0.05, 0.1) is 8.07 Å². The van der Waals surface area contributed by atoms with E-state index in [-0.39, 0.29) is 0 Å². The molecule has 1 N–H and O–H groups in total. The van der Waals surface area contributed by atoms with E-state index in [1.807, 2.05) is 6.20 Å². The Morgan fingerprint density at radius 3 is 2.14 bits per heavy atom. The number of H-pyrrole nitrogens is 1. The Morgan fingerprint density at radius 1 is 1.10 bits per heavy atom. The summed E-state index contributed by atoms with van der Waals surface area (Å²) in [7, 11) is -1.78. The summed E-state index contributed by atoms with van der Waals surface area (Å²) >= 11 is 0. The van der Waals surface area contributed by atoms with Gasteiger partial charge in [-0.25, -0.2) is 4.98 Å². The molecule has 0 amide bonds. The van der Waals surface area contributed by atoms with Crippen molar-refractivity contribution >= 4 is 24.3 Å². The second-order valence-electron chi connectivity index (χ2n) is 6.83. The van der Waals surface area contributed by atoms with Gasteiger partial charge in [0.25, 0.3) is 0 Å². The highest BCUT2D eigenvalue weighted by Gasteiger charge is 2.46. The number of fused-ring (bicyclic) bond motifs is 1. The average Bonchev–Trinajstić information content (AvgIpc) is 2.86. The van der Waals surface area contributed by atoms with Gasteiger partial charge in [-0.2, -0.15) is 0 Å². The minimum Gasteiger partial charge on any atom is -0.346 e. The second kappa shape index (κ2) is 5.69. The molecule has 2 rings (SSSR count). The van der Waals surface area contributed by atoms with Gasteiger partial charge in [0.2, 0.25) is 0 Å². The Hall–Kier alpha value is -1.53. The lowest BCUT2D eigenvalue weighted by Gasteiger charge is -2.44. The second-order valence-corrected chi connectivity index (χ2v) is 12.7. The molecule has 0 fully saturated rings. The summed E-state index contributed by atoms with van der Waals surface area (Å²) in [6, 6.07) is 2.06. The van der Waals surface area contributed by atoms with Gasteiger partial charge in [0.15, 0.2) is 0 Å². The zero-order chi connectivity index (χ0) is 15.8. The quantitative estimate of drug-likeness (QED) is 0.656. The summed E-state index contributed by atoms with van der Waals surface area (Å²) in [5, 5.41) is 2.45. The fourth-order valence-electron chi connectivity index (χ4n) is 4.42. The Labute approximate surface area is 129 Å². The number of hydrogen-bond acceptors (Lipinski definition) is 1. The third-order valence-electron chi connectivity index (χ3n) is 5.06. The minimum absolute atomic E-state index is 0.628. The summed E-state index contributed by atoms with van der Waals surface area (Å²) in [6.45, 7) is 14.1. The first-order valence-corrected chi connectivity index (χ1v) is 10.0. The molecular weight excluding hydrogens is 272 g/mol. The van der Waals surface area contributed by atoms with Crippen LogP contribution in [-0.4, -0.2) is 18.0 Å². The van der Waals surface area contributed by atoms with Crippen molar-refractivity contribution in [3.05, 3.63) is 24.0 Å². The molecule has 3 heteroatoms. The normalized spacial score (nSPS) is 12.6. The first-order valence-electron chi connectivity index (χ1n) is 7.80. The van der Waals surface area contributed by atoms with Gasteiger partial charge in [-0.05, 0) is 27.9 Å². The minimum atomic E-state index is -1.78. The molecule has 0 aliphatic rings. The number of pyridine rings is 1. The highest BCUT2D eigenvalue weighted by atomic mass is 28.3. The van der Waals surface area contributed by atoms with Crippen LogP contribution in [0, 0.1) is 12.3 Å². The molecule has 0 aliphatic heterocycles. The third kappa shape index (κ3) is 2.22. The maximum atomic E-state index is 5.90. The van der Waals surface area contributed by atoms with E-state index in [1.165, 1.54) is 5.19 Å². The number of rotatable bonds is 4. The van der Waals surface area contributed by atoms with E-state index in [0.29, 0.717) is 16.6 Å². The first-order chi connectivity index (χ1) is 9.87. The Morgan fingerprint density at radius 2 is 1.67 bits per heavy atom. The smallest absolute Gasteiger partial charge is 0.138 e. The number of nitrogens with zero attached hydrogens (tertiary/aromatic N) is 1. The molecule has 2 aromatic rings. The van der Waals surface area contributed by atoms with Crippen molar-refractivity contribution < 1.29 is 0 Å². The first kappa shape index (κ1) is 15.8. The van der Waals surface area contributed by atoms with Crippen molar-refractivity contribution in [1.29, 1.82) is 0 Å². The molecule has 21 heavy (non-hydrogen) atoms. The summed E-state index contributed by atoms with van der Waals surface area (Å²) < 4.78 is 0. The van der Waals surface area contributed by atoms with Crippen LogP contribution in [0.2, 0.25) is 16.6 Å². The SMILES string of the molecule is C#Cc1c([Si](C(C)C)(C(C)C)C(C)C)cnc2[nH]ccc12. The van der Waals surface area contributed by atoms with Crippen molar-refractivity contribution in [2.45, 2.75) is 58.2 Å². The molecular formula is C18H26N2Si. The van der Waals surface area contributed by atoms with Crippen LogP contribution in [0.3, 0.4) is 0 Å². The number of nitrogens with one attached hydrogen (secondary N) is 1. The summed E-state index contributed by atoms with van der Waals surface area (Å²) in [4.78, 5) is 7.82. The van der Waals surface area contributed by atoms with Crippen LogP contribution in [0.25, 0.3) is 11.0 Å². The van der Waals surface area contributed by atoms with E-state index in [0.717, 1.165) is 16.6 Å². The van der Waals surface area contributed by atoms with Crippen molar-refractivity contribution in [1.82, 2.24) is 9.97 Å². The topological polar surface area (TPSA) is 28.7 Å². The predicted molar refractivity (Wildman–Crippen MR) is 94.7 cm³/mol. The van der Waals surface area contributed by atoms with Gasteiger partial charge in [0, 0.05) is 23.3 Å². The monoisotopic (exact) mass is 298 g/mol. The highest BCUT2D eigenvalue weighted by Crippen LogP contribution is 2.41. The van der Waals surface area contributed by atoms with Gasteiger partial charge < -0.3 is 4.98 Å². The molecule has 0 unspecified atom stereocenters. The van der Waals surface area contributed by atoms with Gasteiger partial charge in [-0.1, -0.05) is 47.5 Å².